The lowest BCUT2D eigenvalue weighted by Gasteiger charge is -2.10. The van der Waals surface area contributed by atoms with Gasteiger partial charge in [0.15, 0.2) is 5.78 Å². The highest BCUT2D eigenvalue weighted by molar-refractivity contribution is 6.02. The molecule has 1 atom stereocenters. The van der Waals surface area contributed by atoms with E-state index in [-0.39, 0.29) is 11.7 Å². The van der Waals surface area contributed by atoms with Gasteiger partial charge in [0.25, 0.3) is 0 Å². The molecule has 1 aliphatic carbocycles. The SMILES string of the molecule is COc1ccc2c(c1)C(=O)C(C(C)C)C2. The Labute approximate surface area is 90.3 Å². The fourth-order valence-corrected chi connectivity index (χ4v) is 2.16. The Bertz CT molecular complexity index is 394. The van der Waals surface area contributed by atoms with Gasteiger partial charge in [-0.15, -0.1) is 0 Å². The molecular weight excluding hydrogens is 188 g/mol. The number of ether oxygens (including phenoxy) is 1. The van der Waals surface area contributed by atoms with Gasteiger partial charge in [0, 0.05) is 11.5 Å². The van der Waals surface area contributed by atoms with Gasteiger partial charge < -0.3 is 4.74 Å². The quantitative estimate of drug-likeness (QED) is 0.740. The van der Waals surface area contributed by atoms with E-state index < -0.39 is 0 Å². The van der Waals surface area contributed by atoms with E-state index >= 15 is 0 Å². The maximum absolute atomic E-state index is 12.1. The molecule has 0 saturated heterocycles. The molecule has 0 fully saturated rings. The summed E-state index contributed by atoms with van der Waals surface area (Å²) >= 11 is 0. The van der Waals surface area contributed by atoms with Gasteiger partial charge in [0.05, 0.1) is 7.11 Å². The Hall–Kier alpha value is -1.31. The van der Waals surface area contributed by atoms with Crippen molar-refractivity contribution in [1.29, 1.82) is 0 Å². The molecule has 2 rings (SSSR count). The first kappa shape index (κ1) is 10.2. The van der Waals surface area contributed by atoms with Crippen LogP contribution in [0.3, 0.4) is 0 Å². The van der Waals surface area contributed by atoms with Crippen LogP contribution < -0.4 is 4.74 Å². The molecule has 80 valence electrons. The van der Waals surface area contributed by atoms with Crippen molar-refractivity contribution in [2.45, 2.75) is 20.3 Å². The summed E-state index contributed by atoms with van der Waals surface area (Å²) in [5, 5.41) is 0. The summed E-state index contributed by atoms with van der Waals surface area (Å²) < 4.78 is 5.13. The van der Waals surface area contributed by atoms with E-state index in [0.29, 0.717) is 5.92 Å². The fraction of sp³-hybridized carbons (Fsp3) is 0.462. The highest BCUT2D eigenvalue weighted by Crippen LogP contribution is 2.33. The van der Waals surface area contributed by atoms with E-state index in [4.69, 9.17) is 4.74 Å². The van der Waals surface area contributed by atoms with Crippen LogP contribution in [0.25, 0.3) is 0 Å². The van der Waals surface area contributed by atoms with Crippen molar-refractivity contribution >= 4 is 5.78 Å². The number of fused-ring (bicyclic) bond motifs is 1. The number of carbonyl (C=O) groups is 1. The normalized spacial score (nSPS) is 19.5. The number of rotatable bonds is 2. The van der Waals surface area contributed by atoms with Crippen LogP contribution in [0.5, 0.6) is 5.75 Å². The molecule has 0 aliphatic heterocycles. The maximum atomic E-state index is 12.1. The second-order valence-electron chi connectivity index (χ2n) is 4.44. The predicted octanol–water partition coefficient (Wildman–Crippen LogP) is 2.71. The Morgan fingerprint density at radius 3 is 2.73 bits per heavy atom. The van der Waals surface area contributed by atoms with Crippen LogP contribution in [0.4, 0.5) is 0 Å². The molecule has 0 saturated carbocycles. The van der Waals surface area contributed by atoms with Crippen molar-refractivity contribution in [3.8, 4) is 5.75 Å². The van der Waals surface area contributed by atoms with Crippen LogP contribution in [0, 0.1) is 11.8 Å². The summed E-state index contributed by atoms with van der Waals surface area (Å²) in [6.07, 6.45) is 0.885. The molecule has 0 bridgehead atoms. The van der Waals surface area contributed by atoms with Gasteiger partial charge in [0.1, 0.15) is 5.75 Å². The molecule has 0 amide bonds. The number of Topliss-reactive ketones (excluding diaryl/α,β-unsaturated/α-hetero) is 1. The van der Waals surface area contributed by atoms with E-state index in [1.165, 1.54) is 5.56 Å². The third-order valence-corrected chi connectivity index (χ3v) is 3.16. The third kappa shape index (κ3) is 1.65. The smallest absolute Gasteiger partial charge is 0.166 e. The monoisotopic (exact) mass is 204 g/mol. The molecule has 15 heavy (non-hydrogen) atoms. The van der Waals surface area contributed by atoms with Gasteiger partial charge in [-0.1, -0.05) is 19.9 Å². The molecule has 0 N–H and O–H groups in total. The lowest BCUT2D eigenvalue weighted by Crippen LogP contribution is -2.15. The number of hydrogen-bond donors (Lipinski definition) is 0. The maximum Gasteiger partial charge on any atom is 0.166 e. The molecule has 0 aromatic heterocycles. The van der Waals surface area contributed by atoms with Crippen molar-refractivity contribution in [3.63, 3.8) is 0 Å². The summed E-state index contributed by atoms with van der Waals surface area (Å²) in [6, 6.07) is 5.79. The topological polar surface area (TPSA) is 26.3 Å². The molecule has 2 heteroatoms. The Morgan fingerprint density at radius 1 is 1.40 bits per heavy atom. The highest BCUT2D eigenvalue weighted by Gasteiger charge is 2.32. The Morgan fingerprint density at radius 2 is 2.13 bits per heavy atom. The highest BCUT2D eigenvalue weighted by atomic mass is 16.5. The summed E-state index contributed by atoms with van der Waals surface area (Å²) in [7, 11) is 1.63. The Balaban J connectivity index is 2.38. The Kier molecular flexibility index (Phi) is 2.51. The van der Waals surface area contributed by atoms with Crippen molar-refractivity contribution in [2.24, 2.45) is 11.8 Å². The van der Waals surface area contributed by atoms with E-state index in [1.807, 2.05) is 18.2 Å². The van der Waals surface area contributed by atoms with Gasteiger partial charge in [-0.2, -0.15) is 0 Å². The zero-order valence-corrected chi connectivity index (χ0v) is 9.41. The first-order chi connectivity index (χ1) is 7.13. The van der Waals surface area contributed by atoms with Gasteiger partial charge in [-0.3, -0.25) is 4.79 Å². The molecule has 1 aromatic rings. The van der Waals surface area contributed by atoms with Gasteiger partial charge in [0.2, 0.25) is 0 Å². The average Bonchev–Trinajstić information content (AvgIpc) is 2.56. The number of benzene rings is 1. The predicted molar refractivity (Wildman–Crippen MR) is 59.4 cm³/mol. The van der Waals surface area contributed by atoms with Crippen molar-refractivity contribution in [1.82, 2.24) is 0 Å². The number of methoxy groups -OCH3 is 1. The summed E-state index contributed by atoms with van der Waals surface area (Å²) in [4.78, 5) is 12.1. The first-order valence-corrected chi connectivity index (χ1v) is 5.34. The molecule has 1 aliphatic rings. The van der Waals surface area contributed by atoms with E-state index in [1.54, 1.807) is 7.11 Å². The van der Waals surface area contributed by atoms with Gasteiger partial charge in [-0.05, 0) is 30.0 Å². The molecule has 2 nitrogen and oxygen atoms in total. The van der Waals surface area contributed by atoms with Crippen LogP contribution in [0.1, 0.15) is 29.8 Å². The van der Waals surface area contributed by atoms with Crippen molar-refractivity contribution in [3.05, 3.63) is 29.3 Å². The van der Waals surface area contributed by atoms with E-state index in [0.717, 1.165) is 17.7 Å². The zero-order valence-electron chi connectivity index (χ0n) is 9.41. The minimum Gasteiger partial charge on any atom is -0.497 e. The molecule has 1 unspecified atom stereocenters. The van der Waals surface area contributed by atoms with Crippen LogP contribution in [0.2, 0.25) is 0 Å². The van der Waals surface area contributed by atoms with Gasteiger partial charge in [-0.25, -0.2) is 0 Å². The fourth-order valence-electron chi connectivity index (χ4n) is 2.16. The minimum absolute atomic E-state index is 0.159. The lowest BCUT2D eigenvalue weighted by atomic mass is 9.92. The number of ketones is 1. The van der Waals surface area contributed by atoms with E-state index in [9.17, 15) is 4.79 Å². The second kappa shape index (κ2) is 3.69. The summed E-state index contributed by atoms with van der Waals surface area (Å²) in [5.41, 5.74) is 2.02. The third-order valence-electron chi connectivity index (χ3n) is 3.16. The average molecular weight is 204 g/mol. The minimum atomic E-state index is 0.159. The number of carbonyl (C=O) groups excluding carboxylic acids is 1. The standard InChI is InChI=1S/C13H16O2/c1-8(2)11-6-9-4-5-10(15-3)7-12(9)13(11)14/h4-5,7-8,11H,6H2,1-3H3. The van der Waals surface area contributed by atoms with Crippen LogP contribution in [-0.2, 0) is 6.42 Å². The molecule has 1 aromatic carbocycles. The first-order valence-electron chi connectivity index (χ1n) is 5.34. The van der Waals surface area contributed by atoms with Crippen LogP contribution in [0.15, 0.2) is 18.2 Å². The largest absolute Gasteiger partial charge is 0.497 e. The van der Waals surface area contributed by atoms with Crippen molar-refractivity contribution < 1.29 is 9.53 Å². The van der Waals surface area contributed by atoms with Crippen LogP contribution >= 0.6 is 0 Å². The van der Waals surface area contributed by atoms with Crippen molar-refractivity contribution in [2.75, 3.05) is 7.11 Å². The van der Waals surface area contributed by atoms with E-state index in [2.05, 4.69) is 13.8 Å². The lowest BCUT2D eigenvalue weighted by molar-refractivity contribution is 0.0906. The summed E-state index contributed by atoms with van der Waals surface area (Å²) in [6.45, 7) is 4.21. The molecule has 0 radical (unpaired) electrons. The van der Waals surface area contributed by atoms with Gasteiger partial charge >= 0.3 is 0 Å². The second-order valence-corrected chi connectivity index (χ2v) is 4.44. The molecule has 0 spiro atoms. The number of hydrogen-bond acceptors (Lipinski definition) is 2. The van der Waals surface area contributed by atoms with Crippen LogP contribution in [-0.4, -0.2) is 12.9 Å². The zero-order chi connectivity index (χ0) is 11.0. The summed E-state index contributed by atoms with van der Waals surface area (Å²) in [5.74, 6) is 1.62. The molecule has 0 heterocycles. The molecular formula is C13H16O2.